The van der Waals surface area contributed by atoms with Gasteiger partial charge in [0.05, 0.1) is 18.3 Å². The molecule has 5 heteroatoms. The summed E-state index contributed by atoms with van der Waals surface area (Å²) < 4.78 is 5.43. The van der Waals surface area contributed by atoms with Crippen LogP contribution in [-0.4, -0.2) is 50.9 Å². The molecule has 1 aliphatic rings. The predicted molar refractivity (Wildman–Crippen MR) is 68.4 cm³/mol. The first-order valence-corrected chi connectivity index (χ1v) is 6.43. The van der Waals surface area contributed by atoms with Crippen LogP contribution in [0.1, 0.15) is 25.0 Å². The monoisotopic (exact) mass is 268 g/mol. The van der Waals surface area contributed by atoms with Crippen LogP contribution in [-0.2, 0) is 4.74 Å². The molecule has 1 fully saturated rings. The highest BCUT2D eigenvalue weighted by atomic mass is 16.6. The lowest BCUT2D eigenvalue weighted by atomic mass is 9.98. The van der Waals surface area contributed by atoms with E-state index in [0.29, 0.717) is 0 Å². The van der Waals surface area contributed by atoms with Gasteiger partial charge in [-0.05, 0) is 12.5 Å². The van der Waals surface area contributed by atoms with Gasteiger partial charge in [-0.3, -0.25) is 0 Å². The van der Waals surface area contributed by atoms with Crippen molar-refractivity contribution in [2.45, 2.75) is 50.0 Å². The van der Waals surface area contributed by atoms with Crippen molar-refractivity contribution in [1.82, 2.24) is 0 Å². The van der Waals surface area contributed by atoms with Gasteiger partial charge in [-0.15, -0.1) is 0 Å². The lowest BCUT2D eigenvalue weighted by molar-refractivity contribution is -0.0670. The highest BCUT2D eigenvalue weighted by Gasteiger charge is 2.45. The smallest absolute Gasteiger partial charge is 0.112 e. The van der Waals surface area contributed by atoms with E-state index in [1.165, 1.54) is 6.92 Å². The van der Waals surface area contributed by atoms with Crippen LogP contribution in [0.2, 0.25) is 0 Å². The Hall–Kier alpha value is -0.980. The average Bonchev–Trinajstić information content (AvgIpc) is 2.68. The Balaban J connectivity index is 2.00. The number of benzene rings is 1. The Kier molecular flexibility index (Phi) is 4.54. The number of ether oxygens (including phenoxy) is 1. The number of hydrogen-bond acceptors (Lipinski definition) is 5. The van der Waals surface area contributed by atoms with Gasteiger partial charge in [0.2, 0.25) is 0 Å². The van der Waals surface area contributed by atoms with Gasteiger partial charge in [0.25, 0.3) is 0 Å². The van der Waals surface area contributed by atoms with Crippen LogP contribution in [0.5, 0.6) is 0 Å². The maximum absolute atomic E-state index is 10.1. The minimum Gasteiger partial charge on any atom is -0.391 e. The molecule has 1 unspecified atom stereocenters. The summed E-state index contributed by atoms with van der Waals surface area (Å²) in [5.74, 6) is 0. The zero-order chi connectivity index (χ0) is 14.0. The molecular formula is C14H20O5. The summed E-state index contributed by atoms with van der Waals surface area (Å²) in [7, 11) is 0. The SMILES string of the molecule is C[C@H](O)[C@H]1O[C@H](CC(O)c2ccccc2)[C@@H](O)[C@@H]1O. The Morgan fingerprint density at radius 3 is 2.26 bits per heavy atom. The van der Waals surface area contributed by atoms with Gasteiger partial charge in [-0.25, -0.2) is 0 Å². The minimum atomic E-state index is -1.13. The molecule has 106 valence electrons. The lowest BCUT2D eigenvalue weighted by Gasteiger charge is -2.19. The van der Waals surface area contributed by atoms with Gasteiger partial charge in [-0.2, -0.15) is 0 Å². The third-order valence-corrected chi connectivity index (χ3v) is 3.51. The Morgan fingerprint density at radius 2 is 1.74 bits per heavy atom. The topological polar surface area (TPSA) is 90.2 Å². The highest BCUT2D eigenvalue weighted by molar-refractivity contribution is 5.17. The molecule has 19 heavy (non-hydrogen) atoms. The van der Waals surface area contributed by atoms with Crippen LogP contribution < -0.4 is 0 Å². The van der Waals surface area contributed by atoms with Gasteiger partial charge >= 0.3 is 0 Å². The molecule has 0 saturated carbocycles. The Labute approximate surface area is 112 Å². The van der Waals surface area contributed by atoms with Crippen LogP contribution >= 0.6 is 0 Å². The summed E-state index contributed by atoms with van der Waals surface area (Å²) in [6.07, 6.45) is -5.21. The molecule has 1 saturated heterocycles. The van der Waals surface area contributed by atoms with Gasteiger partial charge in [0.15, 0.2) is 0 Å². The third kappa shape index (κ3) is 3.13. The average molecular weight is 268 g/mol. The standard InChI is InChI=1S/C14H20O5/c1-8(15)14-13(18)12(17)11(19-14)7-10(16)9-5-3-2-4-6-9/h2-6,8,10-18H,7H2,1H3/t8-,10?,11+,12+,13-,14+/m0/s1. The van der Waals surface area contributed by atoms with E-state index >= 15 is 0 Å². The summed E-state index contributed by atoms with van der Waals surface area (Å²) in [4.78, 5) is 0. The van der Waals surface area contributed by atoms with E-state index in [1.54, 1.807) is 12.1 Å². The van der Waals surface area contributed by atoms with Crippen molar-refractivity contribution in [2.24, 2.45) is 0 Å². The van der Waals surface area contributed by atoms with Gasteiger partial charge < -0.3 is 25.2 Å². The number of aliphatic hydroxyl groups is 4. The number of aliphatic hydroxyl groups excluding tert-OH is 4. The second-order valence-electron chi connectivity index (χ2n) is 5.02. The predicted octanol–water partition coefficient (Wildman–Crippen LogP) is -0.0199. The second kappa shape index (κ2) is 5.98. The molecule has 6 atom stereocenters. The van der Waals surface area contributed by atoms with E-state index in [-0.39, 0.29) is 6.42 Å². The molecule has 1 aliphatic heterocycles. The summed E-state index contributed by atoms with van der Waals surface area (Å²) in [6, 6.07) is 9.06. The van der Waals surface area contributed by atoms with Crippen LogP contribution in [0.4, 0.5) is 0 Å². The molecule has 0 aliphatic carbocycles. The molecular weight excluding hydrogens is 248 g/mol. The number of hydrogen-bond donors (Lipinski definition) is 4. The van der Waals surface area contributed by atoms with Crippen molar-refractivity contribution >= 4 is 0 Å². The van der Waals surface area contributed by atoms with Crippen LogP contribution in [0.3, 0.4) is 0 Å². The van der Waals surface area contributed by atoms with E-state index in [4.69, 9.17) is 4.74 Å². The van der Waals surface area contributed by atoms with Crippen molar-refractivity contribution in [3.63, 3.8) is 0 Å². The van der Waals surface area contributed by atoms with Crippen molar-refractivity contribution in [2.75, 3.05) is 0 Å². The fourth-order valence-corrected chi connectivity index (χ4v) is 2.40. The minimum absolute atomic E-state index is 0.172. The fraction of sp³-hybridized carbons (Fsp3) is 0.571. The van der Waals surface area contributed by atoms with E-state index in [0.717, 1.165) is 5.56 Å². The van der Waals surface area contributed by atoms with E-state index in [2.05, 4.69) is 0 Å². The first-order chi connectivity index (χ1) is 9.00. The van der Waals surface area contributed by atoms with Crippen molar-refractivity contribution in [3.8, 4) is 0 Å². The van der Waals surface area contributed by atoms with E-state index in [9.17, 15) is 20.4 Å². The van der Waals surface area contributed by atoms with E-state index in [1.807, 2.05) is 18.2 Å². The van der Waals surface area contributed by atoms with Crippen LogP contribution in [0.15, 0.2) is 30.3 Å². The molecule has 0 spiro atoms. The zero-order valence-corrected chi connectivity index (χ0v) is 10.8. The van der Waals surface area contributed by atoms with Crippen molar-refractivity contribution in [1.29, 1.82) is 0 Å². The maximum atomic E-state index is 10.1. The molecule has 2 rings (SSSR count). The van der Waals surface area contributed by atoms with Crippen molar-refractivity contribution < 1.29 is 25.2 Å². The normalized spacial score (nSPS) is 34.2. The molecule has 1 aromatic carbocycles. The summed E-state index contributed by atoms with van der Waals surface area (Å²) in [6.45, 7) is 1.50. The van der Waals surface area contributed by atoms with Crippen LogP contribution in [0.25, 0.3) is 0 Å². The summed E-state index contributed by atoms with van der Waals surface area (Å²) in [5, 5.41) is 39.2. The summed E-state index contributed by atoms with van der Waals surface area (Å²) >= 11 is 0. The van der Waals surface area contributed by atoms with Crippen LogP contribution in [0, 0.1) is 0 Å². The first-order valence-electron chi connectivity index (χ1n) is 6.43. The van der Waals surface area contributed by atoms with Crippen molar-refractivity contribution in [3.05, 3.63) is 35.9 Å². The van der Waals surface area contributed by atoms with Gasteiger partial charge in [0, 0.05) is 6.42 Å². The van der Waals surface area contributed by atoms with E-state index < -0.39 is 36.6 Å². The fourth-order valence-electron chi connectivity index (χ4n) is 2.40. The molecule has 5 nitrogen and oxygen atoms in total. The Bertz CT molecular complexity index is 394. The molecule has 1 aromatic rings. The van der Waals surface area contributed by atoms with Gasteiger partial charge in [-0.1, -0.05) is 30.3 Å². The molecule has 0 bridgehead atoms. The molecule has 0 amide bonds. The third-order valence-electron chi connectivity index (χ3n) is 3.51. The molecule has 0 aromatic heterocycles. The summed E-state index contributed by atoms with van der Waals surface area (Å²) in [5.41, 5.74) is 0.730. The zero-order valence-electron chi connectivity index (χ0n) is 10.8. The molecule has 1 heterocycles. The molecule has 4 N–H and O–H groups in total. The molecule has 0 radical (unpaired) electrons. The lowest BCUT2D eigenvalue weighted by Crippen LogP contribution is -2.37. The second-order valence-corrected chi connectivity index (χ2v) is 5.02. The quantitative estimate of drug-likeness (QED) is 0.616. The highest BCUT2D eigenvalue weighted by Crippen LogP contribution is 2.30. The Morgan fingerprint density at radius 1 is 1.11 bits per heavy atom. The largest absolute Gasteiger partial charge is 0.391 e. The maximum Gasteiger partial charge on any atom is 0.112 e. The first kappa shape index (κ1) is 14.4. The van der Waals surface area contributed by atoms with Gasteiger partial charge in [0.1, 0.15) is 18.3 Å². The number of rotatable bonds is 4.